The molecule has 5 nitrogen and oxygen atoms in total. The molecule has 1 aromatic carbocycles. The third kappa shape index (κ3) is 2.42. The Morgan fingerprint density at radius 3 is 2.89 bits per heavy atom. The third-order valence-electron chi connectivity index (χ3n) is 2.50. The van der Waals surface area contributed by atoms with Crippen LogP contribution < -0.4 is 5.73 Å². The van der Waals surface area contributed by atoms with Gasteiger partial charge in [-0.2, -0.15) is 4.37 Å². The number of nitrogens with two attached hydrogens (primary N) is 1. The predicted octanol–water partition coefficient (Wildman–Crippen LogP) is 2.52. The molecule has 3 rings (SSSR count). The first kappa shape index (κ1) is 12.1. The lowest BCUT2D eigenvalue weighted by atomic mass is 10.1. The number of aromatic nitrogens is 3. The summed E-state index contributed by atoms with van der Waals surface area (Å²) >= 11 is 2.67. The standard InChI is InChI=1S/C12H9N5S2/c13-10(14)8-5-7-3-1-2-4-9(7)17-11(8)18-12-15-6-16-19-12/h1-6H,(H3,13,14). The lowest BCUT2D eigenvalue weighted by molar-refractivity contribution is 1.14. The minimum atomic E-state index is 0.00488. The maximum atomic E-state index is 7.67. The first-order valence-electron chi connectivity index (χ1n) is 5.43. The molecule has 0 radical (unpaired) electrons. The van der Waals surface area contributed by atoms with E-state index in [1.54, 1.807) is 0 Å². The van der Waals surface area contributed by atoms with Crippen molar-refractivity contribution in [2.75, 3.05) is 0 Å². The second kappa shape index (κ2) is 4.94. The Balaban J connectivity index is 2.15. The van der Waals surface area contributed by atoms with Gasteiger partial charge in [-0.1, -0.05) is 18.2 Å². The molecule has 19 heavy (non-hydrogen) atoms. The van der Waals surface area contributed by atoms with Crippen LogP contribution in [0.2, 0.25) is 0 Å². The van der Waals surface area contributed by atoms with Crippen LogP contribution in [0.25, 0.3) is 10.9 Å². The Hall–Kier alpha value is -1.99. The number of pyridine rings is 1. The zero-order valence-corrected chi connectivity index (χ0v) is 11.3. The van der Waals surface area contributed by atoms with Crippen LogP contribution in [0.1, 0.15) is 5.56 Å². The number of hydrogen-bond donors (Lipinski definition) is 2. The van der Waals surface area contributed by atoms with Gasteiger partial charge in [-0.25, -0.2) is 9.97 Å². The average molecular weight is 287 g/mol. The molecular weight excluding hydrogens is 278 g/mol. The van der Waals surface area contributed by atoms with Crippen molar-refractivity contribution in [1.82, 2.24) is 14.3 Å². The fraction of sp³-hybridized carbons (Fsp3) is 0. The van der Waals surface area contributed by atoms with Gasteiger partial charge in [0.15, 0.2) is 4.34 Å². The quantitative estimate of drug-likeness (QED) is 0.571. The smallest absolute Gasteiger partial charge is 0.176 e. The highest BCUT2D eigenvalue weighted by molar-refractivity contribution is 8.01. The molecule has 0 aliphatic heterocycles. The molecule has 7 heteroatoms. The number of nitrogens with zero attached hydrogens (tertiary/aromatic N) is 3. The van der Waals surface area contributed by atoms with E-state index in [2.05, 4.69) is 14.3 Å². The number of nitrogen functional groups attached to an aromatic ring is 1. The summed E-state index contributed by atoms with van der Waals surface area (Å²) in [5.74, 6) is 0.00488. The number of fused-ring (bicyclic) bond motifs is 1. The van der Waals surface area contributed by atoms with Crippen LogP contribution in [-0.2, 0) is 0 Å². The van der Waals surface area contributed by atoms with E-state index in [0.29, 0.717) is 10.6 Å². The summed E-state index contributed by atoms with van der Waals surface area (Å²) in [7, 11) is 0. The molecule has 0 spiro atoms. The van der Waals surface area contributed by atoms with Crippen LogP contribution in [-0.4, -0.2) is 20.2 Å². The van der Waals surface area contributed by atoms with E-state index >= 15 is 0 Å². The van der Waals surface area contributed by atoms with E-state index in [-0.39, 0.29) is 5.84 Å². The summed E-state index contributed by atoms with van der Waals surface area (Å²) in [6, 6.07) is 9.64. The van der Waals surface area contributed by atoms with E-state index in [1.165, 1.54) is 29.6 Å². The lowest BCUT2D eigenvalue weighted by Crippen LogP contribution is -2.13. The van der Waals surface area contributed by atoms with Crippen molar-refractivity contribution >= 4 is 40.0 Å². The first-order chi connectivity index (χ1) is 9.24. The molecule has 0 aliphatic rings. The second-order valence-corrected chi connectivity index (χ2v) is 5.77. The Morgan fingerprint density at radius 1 is 1.32 bits per heavy atom. The highest BCUT2D eigenvalue weighted by atomic mass is 32.2. The van der Waals surface area contributed by atoms with Crippen LogP contribution in [0.3, 0.4) is 0 Å². The van der Waals surface area contributed by atoms with E-state index in [9.17, 15) is 0 Å². The van der Waals surface area contributed by atoms with Gasteiger partial charge in [0, 0.05) is 10.9 Å². The minimum absolute atomic E-state index is 0.00488. The van der Waals surface area contributed by atoms with Crippen molar-refractivity contribution in [1.29, 1.82) is 5.41 Å². The Labute approximate surface area is 117 Å². The highest BCUT2D eigenvalue weighted by Gasteiger charge is 2.12. The molecule has 0 amide bonds. The highest BCUT2D eigenvalue weighted by Crippen LogP contribution is 2.31. The van der Waals surface area contributed by atoms with Gasteiger partial charge in [0.1, 0.15) is 17.2 Å². The maximum Gasteiger partial charge on any atom is 0.176 e. The molecule has 94 valence electrons. The zero-order valence-electron chi connectivity index (χ0n) is 9.70. The van der Waals surface area contributed by atoms with Crippen LogP contribution in [0.15, 0.2) is 46.0 Å². The van der Waals surface area contributed by atoms with Crippen molar-refractivity contribution in [3.8, 4) is 0 Å². The largest absolute Gasteiger partial charge is 0.384 e. The van der Waals surface area contributed by atoms with Gasteiger partial charge in [0.25, 0.3) is 0 Å². The van der Waals surface area contributed by atoms with E-state index in [0.717, 1.165) is 15.2 Å². The van der Waals surface area contributed by atoms with Crippen LogP contribution in [0, 0.1) is 5.41 Å². The van der Waals surface area contributed by atoms with Gasteiger partial charge in [-0.15, -0.1) is 0 Å². The Kier molecular flexibility index (Phi) is 3.14. The normalized spacial score (nSPS) is 10.7. The Bertz CT molecular complexity index is 739. The molecule has 0 saturated heterocycles. The summed E-state index contributed by atoms with van der Waals surface area (Å²) in [4.78, 5) is 8.66. The molecule has 0 aliphatic carbocycles. The van der Waals surface area contributed by atoms with Crippen LogP contribution in [0.5, 0.6) is 0 Å². The maximum absolute atomic E-state index is 7.67. The van der Waals surface area contributed by atoms with Crippen molar-refractivity contribution in [3.63, 3.8) is 0 Å². The summed E-state index contributed by atoms with van der Waals surface area (Å²) < 4.78 is 4.73. The molecule has 3 aromatic rings. The molecule has 0 saturated carbocycles. The Morgan fingerprint density at radius 2 is 2.16 bits per heavy atom. The summed E-state index contributed by atoms with van der Waals surface area (Å²) in [6.07, 6.45) is 1.50. The number of nitrogens with one attached hydrogen (secondary N) is 1. The molecule has 3 N–H and O–H groups in total. The molecule has 0 unspecified atom stereocenters. The van der Waals surface area contributed by atoms with Gasteiger partial charge in [0.05, 0.1) is 5.52 Å². The van der Waals surface area contributed by atoms with Crippen LogP contribution >= 0.6 is 23.3 Å². The fourth-order valence-corrected chi connectivity index (χ4v) is 3.14. The van der Waals surface area contributed by atoms with E-state index in [1.807, 2.05) is 30.3 Å². The van der Waals surface area contributed by atoms with Gasteiger partial charge >= 0.3 is 0 Å². The SMILES string of the molecule is N=C(N)c1cc2ccccc2nc1Sc1ncns1. The first-order valence-corrected chi connectivity index (χ1v) is 7.02. The van der Waals surface area contributed by atoms with E-state index in [4.69, 9.17) is 11.1 Å². The monoisotopic (exact) mass is 287 g/mol. The minimum Gasteiger partial charge on any atom is -0.384 e. The molecular formula is C12H9N5S2. The molecule has 0 fully saturated rings. The number of amidine groups is 1. The third-order valence-corrected chi connectivity index (χ3v) is 4.22. The predicted molar refractivity (Wildman–Crippen MR) is 76.8 cm³/mol. The summed E-state index contributed by atoms with van der Waals surface area (Å²) in [5, 5.41) is 9.32. The zero-order chi connectivity index (χ0) is 13.2. The van der Waals surface area contributed by atoms with Crippen LogP contribution in [0.4, 0.5) is 0 Å². The van der Waals surface area contributed by atoms with E-state index < -0.39 is 0 Å². The number of para-hydroxylation sites is 1. The molecule has 0 bridgehead atoms. The van der Waals surface area contributed by atoms with Gasteiger partial charge in [0.2, 0.25) is 0 Å². The average Bonchev–Trinajstić information content (AvgIpc) is 2.90. The summed E-state index contributed by atoms with van der Waals surface area (Å²) in [5.41, 5.74) is 7.13. The van der Waals surface area contributed by atoms with Crippen molar-refractivity contribution < 1.29 is 0 Å². The molecule has 2 heterocycles. The van der Waals surface area contributed by atoms with Crippen molar-refractivity contribution in [3.05, 3.63) is 42.2 Å². The topological polar surface area (TPSA) is 88.5 Å². The lowest BCUT2D eigenvalue weighted by Gasteiger charge is -2.07. The fourth-order valence-electron chi connectivity index (χ4n) is 1.66. The van der Waals surface area contributed by atoms with Gasteiger partial charge in [-0.05, 0) is 35.4 Å². The molecule has 0 atom stereocenters. The van der Waals surface area contributed by atoms with Crippen molar-refractivity contribution in [2.24, 2.45) is 5.73 Å². The van der Waals surface area contributed by atoms with Gasteiger partial charge < -0.3 is 5.73 Å². The molecule has 2 aromatic heterocycles. The second-order valence-electron chi connectivity index (χ2n) is 3.76. The van der Waals surface area contributed by atoms with Crippen molar-refractivity contribution in [2.45, 2.75) is 9.37 Å². The number of benzene rings is 1. The summed E-state index contributed by atoms with van der Waals surface area (Å²) in [6.45, 7) is 0. The number of hydrogen-bond acceptors (Lipinski definition) is 6. The number of rotatable bonds is 3. The van der Waals surface area contributed by atoms with Gasteiger partial charge in [-0.3, -0.25) is 5.41 Å².